The van der Waals surface area contributed by atoms with Crippen LogP contribution in [0.3, 0.4) is 0 Å². The molecule has 7 heteroatoms. The number of anilines is 2. The van der Waals surface area contributed by atoms with Crippen LogP contribution in [0.15, 0.2) is 66.0 Å². The number of fused-ring (bicyclic) bond motifs is 1. The van der Waals surface area contributed by atoms with Crippen LogP contribution in [-0.4, -0.2) is 21.5 Å². The first kappa shape index (κ1) is 21.5. The summed E-state index contributed by atoms with van der Waals surface area (Å²) in [6, 6.07) is 14.6. The van der Waals surface area contributed by atoms with Gasteiger partial charge in [0.25, 0.3) is 5.91 Å². The lowest BCUT2D eigenvalue weighted by atomic mass is 9.73. The lowest BCUT2D eigenvalue weighted by molar-refractivity contribution is -0.118. The average Bonchev–Trinajstić information content (AvgIpc) is 3.17. The second-order valence-corrected chi connectivity index (χ2v) is 9.96. The molecule has 1 atom stereocenters. The molecule has 6 nitrogen and oxygen atoms in total. The van der Waals surface area contributed by atoms with Crippen molar-refractivity contribution in [3.05, 3.63) is 87.7 Å². The van der Waals surface area contributed by atoms with Gasteiger partial charge in [-0.3, -0.25) is 9.59 Å². The van der Waals surface area contributed by atoms with Gasteiger partial charge in [-0.05, 0) is 42.5 Å². The van der Waals surface area contributed by atoms with Gasteiger partial charge in [0.1, 0.15) is 17.4 Å². The van der Waals surface area contributed by atoms with E-state index in [0.29, 0.717) is 40.5 Å². The van der Waals surface area contributed by atoms with Crippen molar-refractivity contribution in [3.63, 3.8) is 0 Å². The molecule has 5 rings (SSSR count). The predicted molar refractivity (Wildman–Crippen MR) is 130 cm³/mol. The molecule has 0 saturated carbocycles. The fourth-order valence-electron chi connectivity index (χ4n) is 4.70. The number of benzene rings is 2. The molecule has 2 aliphatic rings. The van der Waals surface area contributed by atoms with E-state index in [-0.39, 0.29) is 17.1 Å². The van der Waals surface area contributed by atoms with E-state index in [2.05, 4.69) is 29.6 Å². The Kier molecular flexibility index (Phi) is 5.13. The highest BCUT2D eigenvalue weighted by atomic mass is 35.5. The van der Waals surface area contributed by atoms with E-state index in [1.807, 2.05) is 55.5 Å². The molecule has 2 N–H and O–H groups in total. The van der Waals surface area contributed by atoms with Crippen LogP contribution in [0, 0.1) is 12.3 Å². The largest absolute Gasteiger partial charge is 0.343 e. The standard InChI is InChI=1S/C26H25ClN4O2/c1-15-8-10-16(11-9-15)29-25(33)18-14-28-31-23(17-6-4-5-7-19(17)27)22-20(30-24(18)31)12-26(2,3)13-21(22)32/h4-11,14,23,30H,12-13H2,1-3H3,(H,29,33). The van der Waals surface area contributed by atoms with Crippen LogP contribution < -0.4 is 10.6 Å². The number of ketones is 1. The topological polar surface area (TPSA) is 76.0 Å². The van der Waals surface area contributed by atoms with Crippen LogP contribution in [0.2, 0.25) is 5.02 Å². The maximum absolute atomic E-state index is 13.3. The maximum Gasteiger partial charge on any atom is 0.261 e. The Morgan fingerprint density at radius 2 is 1.88 bits per heavy atom. The van der Waals surface area contributed by atoms with E-state index in [1.54, 1.807) is 10.9 Å². The summed E-state index contributed by atoms with van der Waals surface area (Å²) < 4.78 is 1.71. The normalized spacial score (nSPS) is 18.9. The summed E-state index contributed by atoms with van der Waals surface area (Å²) in [6.07, 6.45) is 2.69. The van der Waals surface area contributed by atoms with Gasteiger partial charge >= 0.3 is 0 Å². The lowest BCUT2D eigenvalue weighted by Crippen LogP contribution is -2.37. The Bertz CT molecular complexity index is 1300. The molecular formula is C26H25ClN4O2. The Hall–Kier alpha value is -3.38. The van der Waals surface area contributed by atoms with Crippen molar-refractivity contribution >= 4 is 34.8 Å². The van der Waals surface area contributed by atoms with Gasteiger partial charge < -0.3 is 10.6 Å². The van der Waals surface area contributed by atoms with E-state index in [0.717, 1.165) is 16.8 Å². The number of aryl methyl sites for hydroxylation is 1. The fraction of sp³-hybridized carbons (Fsp3) is 0.269. The monoisotopic (exact) mass is 460 g/mol. The molecule has 1 aliphatic heterocycles. The summed E-state index contributed by atoms with van der Waals surface area (Å²) in [6.45, 7) is 6.16. The van der Waals surface area contributed by atoms with Crippen LogP contribution in [0.4, 0.5) is 11.5 Å². The van der Waals surface area contributed by atoms with E-state index < -0.39 is 6.04 Å². The van der Waals surface area contributed by atoms with Crippen LogP contribution in [-0.2, 0) is 4.79 Å². The second-order valence-electron chi connectivity index (χ2n) is 9.55. The number of aromatic nitrogens is 2. The minimum Gasteiger partial charge on any atom is -0.343 e. The van der Waals surface area contributed by atoms with Gasteiger partial charge in [0.05, 0.1) is 6.20 Å². The number of amides is 1. The Morgan fingerprint density at radius 1 is 1.15 bits per heavy atom. The van der Waals surface area contributed by atoms with Gasteiger partial charge in [0.2, 0.25) is 0 Å². The summed E-state index contributed by atoms with van der Waals surface area (Å²) in [7, 11) is 0. The van der Waals surface area contributed by atoms with Gasteiger partial charge in [-0.1, -0.05) is 61.3 Å². The molecule has 1 amide bonds. The maximum atomic E-state index is 13.3. The van der Waals surface area contributed by atoms with Gasteiger partial charge in [-0.2, -0.15) is 5.10 Å². The molecule has 0 radical (unpaired) electrons. The molecule has 0 saturated heterocycles. The van der Waals surface area contributed by atoms with Crippen molar-refractivity contribution in [3.8, 4) is 0 Å². The number of nitrogens with zero attached hydrogens (tertiary/aromatic N) is 2. The van der Waals surface area contributed by atoms with Gasteiger partial charge in [0, 0.05) is 28.4 Å². The number of carbonyl (C=O) groups is 2. The molecule has 3 aromatic rings. The molecule has 1 aromatic heterocycles. The first-order valence-corrected chi connectivity index (χ1v) is 11.3. The fourth-order valence-corrected chi connectivity index (χ4v) is 4.94. The smallest absolute Gasteiger partial charge is 0.261 e. The molecule has 1 unspecified atom stereocenters. The summed E-state index contributed by atoms with van der Waals surface area (Å²) >= 11 is 6.57. The molecular weight excluding hydrogens is 436 g/mol. The summed E-state index contributed by atoms with van der Waals surface area (Å²) in [5, 5.41) is 11.4. The number of Topliss-reactive ketones (excluding diaryl/α,β-unsaturated/α-hetero) is 1. The van der Waals surface area contributed by atoms with E-state index >= 15 is 0 Å². The first-order valence-electron chi connectivity index (χ1n) is 11.0. The molecule has 2 aromatic carbocycles. The molecule has 2 heterocycles. The van der Waals surface area contributed by atoms with Gasteiger partial charge in [-0.25, -0.2) is 4.68 Å². The number of hydrogen-bond donors (Lipinski definition) is 2. The Balaban J connectivity index is 1.60. The zero-order chi connectivity index (χ0) is 23.3. The first-order chi connectivity index (χ1) is 15.7. The van der Waals surface area contributed by atoms with Crippen molar-refractivity contribution in [1.29, 1.82) is 0 Å². The van der Waals surface area contributed by atoms with E-state index in [9.17, 15) is 9.59 Å². The second kappa shape index (κ2) is 7.89. The molecule has 0 fully saturated rings. The van der Waals surface area contributed by atoms with Gasteiger partial charge in [0.15, 0.2) is 5.78 Å². The zero-order valence-electron chi connectivity index (χ0n) is 18.8. The van der Waals surface area contributed by atoms with Crippen molar-refractivity contribution in [1.82, 2.24) is 9.78 Å². The van der Waals surface area contributed by atoms with Crippen LogP contribution in [0.25, 0.3) is 0 Å². The number of allylic oxidation sites excluding steroid dienone is 2. The summed E-state index contributed by atoms with van der Waals surface area (Å²) in [5.41, 5.74) is 4.34. The quantitative estimate of drug-likeness (QED) is 0.521. The minimum absolute atomic E-state index is 0.0745. The van der Waals surface area contributed by atoms with Gasteiger partial charge in [-0.15, -0.1) is 0 Å². The Labute approximate surface area is 197 Å². The highest BCUT2D eigenvalue weighted by Gasteiger charge is 2.42. The third-order valence-corrected chi connectivity index (χ3v) is 6.60. The third-order valence-electron chi connectivity index (χ3n) is 6.26. The third kappa shape index (κ3) is 3.85. The average molecular weight is 461 g/mol. The zero-order valence-corrected chi connectivity index (χ0v) is 19.5. The highest BCUT2D eigenvalue weighted by molar-refractivity contribution is 6.31. The number of halogens is 1. The number of hydrogen-bond acceptors (Lipinski definition) is 4. The van der Waals surface area contributed by atoms with E-state index in [4.69, 9.17) is 11.6 Å². The molecule has 1 aliphatic carbocycles. The van der Waals surface area contributed by atoms with Crippen molar-refractivity contribution in [2.45, 2.75) is 39.7 Å². The van der Waals surface area contributed by atoms with Crippen molar-refractivity contribution in [2.24, 2.45) is 5.41 Å². The number of carbonyl (C=O) groups excluding carboxylic acids is 2. The lowest BCUT2D eigenvalue weighted by Gasteiger charge is -2.39. The number of nitrogens with one attached hydrogen (secondary N) is 2. The van der Waals surface area contributed by atoms with E-state index in [1.165, 1.54) is 0 Å². The SMILES string of the molecule is Cc1ccc(NC(=O)c2cnn3c2NC2=C(C(=O)CC(C)(C)C2)C3c2ccccc2Cl)cc1. The van der Waals surface area contributed by atoms with Crippen molar-refractivity contribution < 1.29 is 9.59 Å². The molecule has 0 spiro atoms. The Morgan fingerprint density at radius 3 is 2.61 bits per heavy atom. The molecule has 168 valence electrons. The summed E-state index contributed by atoms with van der Waals surface area (Å²) in [5.74, 6) is 0.371. The summed E-state index contributed by atoms with van der Waals surface area (Å²) in [4.78, 5) is 26.5. The highest BCUT2D eigenvalue weighted by Crippen LogP contribution is 2.47. The predicted octanol–water partition coefficient (Wildman–Crippen LogP) is 5.76. The molecule has 33 heavy (non-hydrogen) atoms. The molecule has 0 bridgehead atoms. The van der Waals surface area contributed by atoms with Crippen LogP contribution >= 0.6 is 11.6 Å². The van der Waals surface area contributed by atoms with Crippen LogP contribution in [0.1, 0.15) is 54.2 Å². The number of rotatable bonds is 3. The van der Waals surface area contributed by atoms with Crippen molar-refractivity contribution in [2.75, 3.05) is 10.6 Å². The van der Waals surface area contributed by atoms with Crippen LogP contribution in [0.5, 0.6) is 0 Å². The minimum atomic E-state index is -0.491.